The predicted octanol–water partition coefficient (Wildman–Crippen LogP) is 2.95. The Kier molecular flexibility index (Phi) is 7.33. The van der Waals surface area contributed by atoms with Gasteiger partial charge in [0.15, 0.2) is 10.9 Å². The van der Waals surface area contributed by atoms with Crippen molar-refractivity contribution in [1.82, 2.24) is 45.6 Å². The zero-order valence-electron chi connectivity index (χ0n) is 21.3. The van der Waals surface area contributed by atoms with Gasteiger partial charge < -0.3 is 14.6 Å². The molecule has 5 rings (SSSR count). The average molecular weight is 514 g/mol. The molecule has 2 N–H and O–H groups in total. The summed E-state index contributed by atoms with van der Waals surface area (Å²) in [5.74, 6) is 2.84. The summed E-state index contributed by atoms with van der Waals surface area (Å²) in [6, 6.07) is 5.47. The first-order chi connectivity index (χ1) is 17.4. The standard InChI is InChI=1S/C24H35N9O2S/c1-14(2)24-29-26-15(3)33(24)18-11-16-5-6-17(12-18)32(16)10-9-19(20-7-8-23(35-4)36-20)25-22(34)13-21-27-30-31-28-21/h7-8,14,16-19H,5-6,9-13H2,1-4H3,(H,25,34)(H,27,28,30,31)/t16-,17+,18-,19-/m0/s1. The number of hydrogen-bond donors (Lipinski definition) is 2. The molecule has 1 amide bonds. The number of thiophene rings is 1. The number of nitrogens with zero attached hydrogens (tertiary/aromatic N) is 7. The van der Waals surface area contributed by atoms with Crippen molar-refractivity contribution < 1.29 is 9.53 Å². The van der Waals surface area contributed by atoms with Gasteiger partial charge in [-0.15, -0.1) is 26.6 Å². The second-order valence-electron chi connectivity index (χ2n) is 10.2. The molecule has 11 nitrogen and oxygen atoms in total. The van der Waals surface area contributed by atoms with Crippen molar-refractivity contribution in [2.75, 3.05) is 13.7 Å². The number of H-pyrrole nitrogens is 1. The first-order valence-electron chi connectivity index (χ1n) is 12.8. The van der Waals surface area contributed by atoms with E-state index in [4.69, 9.17) is 4.74 Å². The number of aryl methyl sites for hydroxylation is 1. The van der Waals surface area contributed by atoms with E-state index in [1.165, 1.54) is 12.8 Å². The summed E-state index contributed by atoms with van der Waals surface area (Å²) in [7, 11) is 1.67. The lowest BCUT2D eigenvalue weighted by Crippen LogP contribution is -2.45. The lowest BCUT2D eigenvalue weighted by atomic mass is 9.95. The highest BCUT2D eigenvalue weighted by atomic mass is 32.1. The molecule has 194 valence electrons. The second-order valence-corrected chi connectivity index (χ2v) is 11.3. The quantitative estimate of drug-likeness (QED) is 0.424. The molecule has 12 heteroatoms. The molecule has 2 aliphatic rings. The van der Waals surface area contributed by atoms with Crippen molar-refractivity contribution in [2.24, 2.45) is 0 Å². The van der Waals surface area contributed by atoms with E-state index in [2.05, 4.69) is 66.4 Å². The molecule has 5 heterocycles. The summed E-state index contributed by atoms with van der Waals surface area (Å²) in [6.07, 6.45) is 5.65. The van der Waals surface area contributed by atoms with Crippen LogP contribution in [-0.4, -0.2) is 71.9 Å². The summed E-state index contributed by atoms with van der Waals surface area (Å²) in [5.41, 5.74) is 0. The van der Waals surface area contributed by atoms with Gasteiger partial charge in [0.2, 0.25) is 5.91 Å². The summed E-state index contributed by atoms with van der Waals surface area (Å²) in [4.78, 5) is 16.5. The van der Waals surface area contributed by atoms with Gasteiger partial charge in [0.1, 0.15) is 11.6 Å². The van der Waals surface area contributed by atoms with E-state index in [1.807, 2.05) is 12.1 Å². The van der Waals surface area contributed by atoms with E-state index in [-0.39, 0.29) is 18.4 Å². The molecule has 2 aliphatic heterocycles. The maximum absolute atomic E-state index is 12.8. The van der Waals surface area contributed by atoms with E-state index in [0.29, 0.717) is 29.9 Å². The zero-order chi connectivity index (χ0) is 25.2. The van der Waals surface area contributed by atoms with Gasteiger partial charge in [-0.2, -0.15) is 0 Å². The third kappa shape index (κ3) is 5.15. The Hall–Kier alpha value is -2.86. The molecule has 4 atom stereocenters. The largest absolute Gasteiger partial charge is 0.487 e. The fourth-order valence-electron chi connectivity index (χ4n) is 5.90. The van der Waals surface area contributed by atoms with Crippen LogP contribution >= 0.6 is 11.3 Å². The van der Waals surface area contributed by atoms with Crippen LogP contribution in [0.15, 0.2) is 12.1 Å². The third-order valence-electron chi connectivity index (χ3n) is 7.51. The normalized spacial score (nSPS) is 22.8. The van der Waals surface area contributed by atoms with Gasteiger partial charge in [0.25, 0.3) is 0 Å². The zero-order valence-corrected chi connectivity index (χ0v) is 22.2. The Bertz CT molecular complexity index is 1140. The number of aromatic amines is 1. The molecule has 2 fully saturated rings. The Morgan fingerprint density at radius 1 is 1.19 bits per heavy atom. The minimum atomic E-state index is -0.100. The number of aromatic nitrogens is 7. The maximum atomic E-state index is 12.8. The van der Waals surface area contributed by atoms with Crippen LogP contribution in [-0.2, 0) is 11.2 Å². The molecule has 0 aromatic carbocycles. The minimum Gasteiger partial charge on any atom is -0.487 e. The number of tetrazole rings is 1. The lowest BCUT2D eigenvalue weighted by Gasteiger charge is -2.40. The van der Waals surface area contributed by atoms with E-state index < -0.39 is 0 Å². The number of rotatable bonds is 10. The average Bonchev–Trinajstić information content (AvgIpc) is 3.64. The van der Waals surface area contributed by atoms with Crippen LogP contribution in [0.4, 0.5) is 0 Å². The second kappa shape index (κ2) is 10.6. The van der Waals surface area contributed by atoms with E-state index >= 15 is 0 Å². The first kappa shape index (κ1) is 24.8. The fraction of sp³-hybridized carbons (Fsp3) is 0.667. The van der Waals surface area contributed by atoms with Crippen molar-refractivity contribution in [3.8, 4) is 5.06 Å². The number of carbonyl (C=O) groups excluding carboxylic acids is 1. The highest BCUT2D eigenvalue weighted by molar-refractivity contribution is 7.13. The van der Waals surface area contributed by atoms with Crippen molar-refractivity contribution in [2.45, 2.75) is 89.4 Å². The van der Waals surface area contributed by atoms with Gasteiger partial charge in [0, 0.05) is 35.5 Å². The minimum absolute atomic E-state index is 0.0907. The van der Waals surface area contributed by atoms with Crippen molar-refractivity contribution >= 4 is 17.2 Å². The van der Waals surface area contributed by atoms with Gasteiger partial charge in [-0.3, -0.25) is 9.69 Å². The SMILES string of the molecule is COc1ccc([C@H](CCN2[C@@H]3CC[C@H]2C[C@H](n2c(C)nnc2C(C)C)C3)NC(=O)Cc2nnn[nH]2)s1. The smallest absolute Gasteiger partial charge is 0.228 e. The van der Waals surface area contributed by atoms with Gasteiger partial charge in [-0.1, -0.05) is 13.8 Å². The Morgan fingerprint density at radius 3 is 2.61 bits per heavy atom. The third-order valence-corrected chi connectivity index (χ3v) is 8.67. The van der Waals surface area contributed by atoms with Crippen LogP contribution in [0.1, 0.15) is 86.3 Å². The monoisotopic (exact) mass is 513 g/mol. The van der Waals surface area contributed by atoms with Crippen LogP contribution in [0, 0.1) is 6.92 Å². The highest BCUT2D eigenvalue weighted by Crippen LogP contribution is 2.42. The Morgan fingerprint density at radius 2 is 1.97 bits per heavy atom. The van der Waals surface area contributed by atoms with Crippen LogP contribution in [0.5, 0.6) is 5.06 Å². The van der Waals surface area contributed by atoms with Crippen LogP contribution in [0.2, 0.25) is 0 Å². The summed E-state index contributed by atoms with van der Waals surface area (Å²) in [5, 5.41) is 26.5. The molecular weight excluding hydrogens is 478 g/mol. The van der Waals surface area contributed by atoms with Crippen LogP contribution < -0.4 is 10.1 Å². The van der Waals surface area contributed by atoms with E-state index in [9.17, 15) is 4.79 Å². The number of nitrogens with one attached hydrogen (secondary N) is 2. The van der Waals surface area contributed by atoms with Gasteiger partial charge in [-0.05, 0) is 61.6 Å². The van der Waals surface area contributed by atoms with E-state index in [1.54, 1.807) is 18.4 Å². The molecule has 2 bridgehead atoms. The number of carbonyl (C=O) groups is 1. The van der Waals surface area contributed by atoms with Crippen molar-refractivity contribution in [1.29, 1.82) is 0 Å². The number of amides is 1. The maximum Gasteiger partial charge on any atom is 0.228 e. The van der Waals surface area contributed by atoms with Crippen LogP contribution in [0.3, 0.4) is 0 Å². The Labute approximate surface area is 215 Å². The molecule has 2 saturated heterocycles. The molecule has 3 aromatic heterocycles. The molecule has 0 unspecified atom stereocenters. The molecule has 36 heavy (non-hydrogen) atoms. The number of ether oxygens (including phenoxy) is 1. The molecule has 0 radical (unpaired) electrons. The van der Waals surface area contributed by atoms with Gasteiger partial charge >= 0.3 is 0 Å². The van der Waals surface area contributed by atoms with Gasteiger partial charge in [-0.25, -0.2) is 5.10 Å². The van der Waals surface area contributed by atoms with Crippen LogP contribution in [0.25, 0.3) is 0 Å². The first-order valence-corrected chi connectivity index (χ1v) is 13.6. The Balaban J connectivity index is 1.26. The lowest BCUT2D eigenvalue weighted by molar-refractivity contribution is -0.121. The molecule has 3 aromatic rings. The summed E-state index contributed by atoms with van der Waals surface area (Å²) >= 11 is 1.58. The number of fused-ring (bicyclic) bond motifs is 2. The summed E-state index contributed by atoms with van der Waals surface area (Å²) in [6.45, 7) is 7.40. The fourth-order valence-corrected chi connectivity index (χ4v) is 6.81. The molecule has 0 spiro atoms. The van der Waals surface area contributed by atoms with Gasteiger partial charge in [0.05, 0.1) is 19.6 Å². The molecule has 0 saturated carbocycles. The number of methoxy groups -OCH3 is 1. The predicted molar refractivity (Wildman–Crippen MR) is 135 cm³/mol. The highest BCUT2D eigenvalue weighted by Gasteiger charge is 2.42. The van der Waals surface area contributed by atoms with Crippen molar-refractivity contribution in [3.05, 3.63) is 34.5 Å². The molecular formula is C24H35N9O2S. The summed E-state index contributed by atoms with van der Waals surface area (Å²) < 4.78 is 7.80. The van der Waals surface area contributed by atoms with E-state index in [0.717, 1.165) is 47.4 Å². The van der Waals surface area contributed by atoms with Crippen molar-refractivity contribution in [3.63, 3.8) is 0 Å². The molecule has 0 aliphatic carbocycles. The number of hydrogen-bond acceptors (Lipinski definition) is 9. The topological polar surface area (TPSA) is 127 Å². The number of piperidine rings is 1.